The Bertz CT molecular complexity index is 662. The summed E-state index contributed by atoms with van der Waals surface area (Å²) in [5, 5.41) is 14.3. The number of benzene rings is 2. The van der Waals surface area contributed by atoms with Crippen LogP contribution in [0, 0.1) is 0 Å². The highest BCUT2D eigenvalue weighted by molar-refractivity contribution is 6.35. The number of halogens is 3. The molecule has 0 saturated carbocycles. The van der Waals surface area contributed by atoms with E-state index >= 15 is 0 Å². The van der Waals surface area contributed by atoms with Crippen molar-refractivity contribution in [3.8, 4) is 5.75 Å². The van der Waals surface area contributed by atoms with Crippen LogP contribution in [0.3, 0.4) is 0 Å². The summed E-state index contributed by atoms with van der Waals surface area (Å²) >= 11 is 18.1. The number of ether oxygens (including phenoxy) is 1. The van der Waals surface area contributed by atoms with E-state index < -0.39 is 6.10 Å². The highest BCUT2D eigenvalue weighted by Gasteiger charge is 2.08. The third kappa shape index (κ3) is 5.87. The molecule has 0 fully saturated rings. The fourth-order valence-electron chi connectivity index (χ4n) is 2.04. The fourth-order valence-corrected chi connectivity index (χ4v) is 2.69. The molecule has 124 valence electrons. The third-order valence-electron chi connectivity index (χ3n) is 3.18. The van der Waals surface area contributed by atoms with Crippen molar-refractivity contribution in [2.24, 2.45) is 0 Å². The van der Waals surface area contributed by atoms with Crippen molar-refractivity contribution in [1.82, 2.24) is 5.32 Å². The number of aliphatic hydroxyl groups excluding tert-OH is 1. The Balaban J connectivity index is 2.06. The van der Waals surface area contributed by atoms with Gasteiger partial charge in [-0.1, -0.05) is 40.9 Å². The molecule has 0 amide bonds. The summed E-state index contributed by atoms with van der Waals surface area (Å²) in [6, 6.07) is 10.7. The summed E-state index contributed by atoms with van der Waals surface area (Å²) in [7, 11) is 0. The van der Waals surface area contributed by atoms with Crippen LogP contribution in [-0.2, 0) is 13.2 Å². The van der Waals surface area contributed by atoms with Crippen molar-refractivity contribution in [1.29, 1.82) is 0 Å². The molecule has 0 radical (unpaired) electrons. The topological polar surface area (TPSA) is 41.5 Å². The first kappa shape index (κ1) is 18.4. The van der Waals surface area contributed by atoms with E-state index in [1.54, 1.807) is 25.1 Å². The van der Waals surface area contributed by atoms with E-state index in [9.17, 15) is 5.11 Å². The molecule has 2 rings (SSSR count). The van der Waals surface area contributed by atoms with E-state index in [4.69, 9.17) is 39.5 Å². The lowest BCUT2D eigenvalue weighted by atomic mass is 10.2. The Kier molecular flexibility index (Phi) is 7.00. The predicted molar refractivity (Wildman–Crippen MR) is 95.6 cm³/mol. The zero-order valence-corrected chi connectivity index (χ0v) is 14.9. The van der Waals surface area contributed by atoms with E-state index in [1.165, 1.54) is 0 Å². The second kappa shape index (κ2) is 8.76. The van der Waals surface area contributed by atoms with Crippen molar-refractivity contribution in [3.05, 3.63) is 62.6 Å². The second-order valence-electron chi connectivity index (χ2n) is 5.26. The Morgan fingerprint density at radius 3 is 2.43 bits per heavy atom. The molecule has 6 heteroatoms. The third-order valence-corrected chi connectivity index (χ3v) is 4.00. The van der Waals surface area contributed by atoms with Crippen LogP contribution >= 0.6 is 34.8 Å². The van der Waals surface area contributed by atoms with Crippen LogP contribution in [0.5, 0.6) is 5.75 Å². The van der Waals surface area contributed by atoms with Gasteiger partial charge in [0.1, 0.15) is 12.4 Å². The molecule has 2 aromatic rings. The first-order valence-corrected chi connectivity index (χ1v) is 8.33. The van der Waals surface area contributed by atoms with Gasteiger partial charge in [0, 0.05) is 39.3 Å². The Labute approximate surface area is 151 Å². The molecule has 23 heavy (non-hydrogen) atoms. The summed E-state index contributed by atoms with van der Waals surface area (Å²) in [5.41, 5.74) is 1.78. The summed E-state index contributed by atoms with van der Waals surface area (Å²) in [6.45, 7) is 3.11. The van der Waals surface area contributed by atoms with Gasteiger partial charge in [0.15, 0.2) is 0 Å². The molecule has 0 saturated heterocycles. The van der Waals surface area contributed by atoms with Crippen molar-refractivity contribution in [2.75, 3.05) is 6.54 Å². The zero-order chi connectivity index (χ0) is 16.8. The van der Waals surface area contributed by atoms with Gasteiger partial charge in [-0.3, -0.25) is 0 Å². The molecule has 3 nitrogen and oxygen atoms in total. The quantitative estimate of drug-likeness (QED) is 0.738. The predicted octanol–water partition coefficient (Wildman–Crippen LogP) is 4.70. The molecule has 2 aromatic carbocycles. The molecule has 0 aromatic heterocycles. The first-order chi connectivity index (χ1) is 11.0. The monoisotopic (exact) mass is 373 g/mol. The minimum absolute atomic E-state index is 0.334. The highest BCUT2D eigenvalue weighted by atomic mass is 35.5. The SMILES string of the molecule is C[C@H](O)CNCc1cc(Cl)ccc1OCc1ccc(Cl)cc1Cl. The number of hydrogen-bond donors (Lipinski definition) is 2. The molecule has 0 aliphatic heterocycles. The molecule has 0 heterocycles. The molecule has 2 N–H and O–H groups in total. The van der Waals surface area contributed by atoms with E-state index in [0.717, 1.165) is 16.9 Å². The number of hydrogen-bond acceptors (Lipinski definition) is 3. The maximum atomic E-state index is 9.31. The molecule has 0 unspecified atom stereocenters. The van der Waals surface area contributed by atoms with Crippen molar-refractivity contribution >= 4 is 34.8 Å². The Morgan fingerprint density at radius 1 is 1.04 bits per heavy atom. The standard InChI is InChI=1S/C17H18Cl3NO2/c1-11(22)8-21-9-13-6-14(18)4-5-17(13)23-10-12-2-3-15(19)7-16(12)20/h2-7,11,21-22H,8-10H2,1H3/t11-/m0/s1. The van der Waals surface area contributed by atoms with Gasteiger partial charge in [0.25, 0.3) is 0 Å². The smallest absolute Gasteiger partial charge is 0.124 e. The van der Waals surface area contributed by atoms with Gasteiger partial charge in [-0.2, -0.15) is 0 Å². The fraction of sp³-hybridized carbons (Fsp3) is 0.294. The van der Waals surface area contributed by atoms with Crippen LogP contribution in [0.25, 0.3) is 0 Å². The van der Waals surface area contributed by atoms with Gasteiger partial charge in [0.2, 0.25) is 0 Å². The molecule has 0 aliphatic rings. The summed E-state index contributed by atoms with van der Waals surface area (Å²) < 4.78 is 5.87. The maximum absolute atomic E-state index is 9.31. The van der Waals surface area contributed by atoms with Gasteiger partial charge in [-0.15, -0.1) is 0 Å². The number of nitrogens with one attached hydrogen (secondary N) is 1. The van der Waals surface area contributed by atoms with Crippen molar-refractivity contribution in [3.63, 3.8) is 0 Å². The lowest BCUT2D eigenvalue weighted by Gasteiger charge is -2.14. The van der Waals surface area contributed by atoms with Crippen LogP contribution < -0.4 is 10.1 Å². The summed E-state index contributed by atoms with van der Waals surface area (Å²) in [5.74, 6) is 0.721. The molecular weight excluding hydrogens is 357 g/mol. The molecule has 0 aliphatic carbocycles. The first-order valence-electron chi connectivity index (χ1n) is 7.19. The van der Waals surface area contributed by atoms with E-state index in [2.05, 4.69) is 5.32 Å². The summed E-state index contributed by atoms with van der Waals surface area (Å²) in [4.78, 5) is 0. The van der Waals surface area contributed by atoms with Crippen LogP contribution in [0.1, 0.15) is 18.1 Å². The van der Waals surface area contributed by atoms with E-state index in [-0.39, 0.29) is 0 Å². The van der Waals surface area contributed by atoms with Crippen molar-refractivity contribution < 1.29 is 9.84 Å². The van der Waals surface area contributed by atoms with E-state index in [1.807, 2.05) is 18.2 Å². The van der Waals surface area contributed by atoms with Crippen LogP contribution in [-0.4, -0.2) is 17.8 Å². The van der Waals surface area contributed by atoms with Gasteiger partial charge in [-0.25, -0.2) is 0 Å². The van der Waals surface area contributed by atoms with Gasteiger partial charge in [0.05, 0.1) is 6.10 Å². The highest BCUT2D eigenvalue weighted by Crippen LogP contribution is 2.26. The molecule has 0 spiro atoms. The molecular formula is C17H18Cl3NO2. The van der Waals surface area contributed by atoms with Gasteiger partial charge >= 0.3 is 0 Å². The average Bonchev–Trinajstić information content (AvgIpc) is 2.47. The maximum Gasteiger partial charge on any atom is 0.124 e. The molecule has 0 bridgehead atoms. The minimum atomic E-state index is -0.411. The molecule has 1 atom stereocenters. The van der Waals surface area contributed by atoms with E-state index in [0.29, 0.717) is 34.8 Å². The Morgan fingerprint density at radius 2 is 1.74 bits per heavy atom. The Hall–Kier alpha value is -0.970. The number of rotatable bonds is 7. The zero-order valence-electron chi connectivity index (χ0n) is 12.7. The lowest BCUT2D eigenvalue weighted by Crippen LogP contribution is -2.24. The summed E-state index contributed by atoms with van der Waals surface area (Å²) in [6.07, 6.45) is -0.411. The average molecular weight is 375 g/mol. The number of aliphatic hydroxyl groups is 1. The second-order valence-corrected chi connectivity index (χ2v) is 6.54. The van der Waals surface area contributed by atoms with Gasteiger partial charge < -0.3 is 15.2 Å². The lowest BCUT2D eigenvalue weighted by molar-refractivity contribution is 0.190. The largest absolute Gasteiger partial charge is 0.489 e. The van der Waals surface area contributed by atoms with Crippen LogP contribution in [0.2, 0.25) is 15.1 Å². The van der Waals surface area contributed by atoms with Crippen LogP contribution in [0.15, 0.2) is 36.4 Å². The van der Waals surface area contributed by atoms with Crippen LogP contribution in [0.4, 0.5) is 0 Å². The normalized spacial score (nSPS) is 12.2. The minimum Gasteiger partial charge on any atom is -0.489 e. The van der Waals surface area contributed by atoms with Gasteiger partial charge in [-0.05, 0) is 37.3 Å². The van der Waals surface area contributed by atoms with Crippen molar-refractivity contribution in [2.45, 2.75) is 26.2 Å².